The number of hydrogen-bond acceptors (Lipinski definition) is 3. The zero-order valence-electron chi connectivity index (χ0n) is 13.7. The molecule has 0 heterocycles. The molecule has 1 aromatic carbocycles. The number of nitrogen functional groups attached to an aromatic ring is 1. The number of benzene rings is 1. The molecule has 0 unspecified atom stereocenters. The molecule has 0 saturated heterocycles. The highest BCUT2D eigenvalue weighted by atomic mass is 16.5. The predicted molar refractivity (Wildman–Crippen MR) is 88.3 cm³/mol. The molecule has 0 aliphatic carbocycles. The van der Waals surface area contributed by atoms with Gasteiger partial charge in [0, 0.05) is 6.54 Å². The van der Waals surface area contributed by atoms with Gasteiger partial charge in [0.25, 0.3) is 0 Å². The Balaban J connectivity index is 2.77. The van der Waals surface area contributed by atoms with Crippen molar-refractivity contribution in [2.75, 3.05) is 17.6 Å². The van der Waals surface area contributed by atoms with E-state index in [-0.39, 0.29) is 6.10 Å². The number of anilines is 2. The maximum Gasteiger partial charge on any atom is 0.144 e. The standard InChI is InChI=1S/C17H30N2O/c1-11(2)14(12(3)4)10-19-15-8-7-9-16(17(15)18)20-13(5)6/h7-9,11-14,19H,10,18H2,1-6H3. The molecule has 0 fully saturated rings. The molecule has 0 aliphatic rings. The van der Waals surface area contributed by atoms with Gasteiger partial charge in [-0.3, -0.25) is 0 Å². The summed E-state index contributed by atoms with van der Waals surface area (Å²) in [7, 11) is 0. The van der Waals surface area contributed by atoms with Crippen LogP contribution in [0.2, 0.25) is 0 Å². The van der Waals surface area contributed by atoms with Crippen LogP contribution in [-0.2, 0) is 0 Å². The van der Waals surface area contributed by atoms with Gasteiger partial charge in [-0.2, -0.15) is 0 Å². The number of para-hydroxylation sites is 1. The zero-order chi connectivity index (χ0) is 15.3. The second-order valence-electron chi connectivity index (χ2n) is 6.42. The molecule has 0 saturated carbocycles. The van der Waals surface area contributed by atoms with Crippen molar-refractivity contribution >= 4 is 11.4 Å². The third-order valence-corrected chi connectivity index (χ3v) is 3.67. The Morgan fingerprint density at radius 1 is 1.05 bits per heavy atom. The summed E-state index contributed by atoms with van der Waals surface area (Å²) in [5.41, 5.74) is 7.85. The van der Waals surface area contributed by atoms with E-state index >= 15 is 0 Å². The first-order valence-corrected chi connectivity index (χ1v) is 7.62. The van der Waals surface area contributed by atoms with E-state index in [2.05, 4.69) is 33.0 Å². The first kappa shape index (κ1) is 16.7. The SMILES string of the molecule is CC(C)Oc1cccc(NCC(C(C)C)C(C)C)c1N. The lowest BCUT2D eigenvalue weighted by atomic mass is 9.85. The molecule has 3 heteroatoms. The molecule has 1 rings (SSSR count). The highest BCUT2D eigenvalue weighted by molar-refractivity contribution is 5.72. The molecule has 0 spiro atoms. The summed E-state index contributed by atoms with van der Waals surface area (Å²) in [6.07, 6.45) is 0.131. The maximum atomic E-state index is 6.18. The van der Waals surface area contributed by atoms with Gasteiger partial charge < -0.3 is 15.8 Å². The molecule has 114 valence electrons. The number of ether oxygens (including phenoxy) is 1. The lowest BCUT2D eigenvalue weighted by molar-refractivity contribution is 0.244. The Morgan fingerprint density at radius 2 is 1.65 bits per heavy atom. The predicted octanol–water partition coefficient (Wildman–Crippen LogP) is 4.40. The Hall–Kier alpha value is -1.38. The monoisotopic (exact) mass is 278 g/mol. The first-order chi connectivity index (χ1) is 9.32. The van der Waals surface area contributed by atoms with E-state index in [0.29, 0.717) is 23.4 Å². The summed E-state index contributed by atoms with van der Waals surface area (Å²) >= 11 is 0. The van der Waals surface area contributed by atoms with E-state index in [1.165, 1.54) is 0 Å². The van der Waals surface area contributed by atoms with E-state index in [4.69, 9.17) is 10.5 Å². The second kappa shape index (κ2) is 7.41. The fourth-order valence-electron chi connectivity index (χ4n) is 2.52. The van der Waals surface area contributed by atoms with Crippen molar-refractivity contribution in [3.05, 3.63) is 18.2 Å². The van der Waals surface area contributed by atoms with E-state index in [9.17, 15) is 0 Å². The first-order valence-electron chi connectivity index (χ1n) is 7.62. The van der Waals surface area contributed by atoms with Crippen LogP contribution in [0.5, 0.6) is 5.75 Å². The number of nitrogens with one attached hydrogen (secondary N) is 1. The minimum atomic E-state index is 0.131. The largest absolute Gasteiger partial charge is 0.489 e. The molecule has 0 amide bonds. The highest BCUT2D eigenvalue weighted by Crippen LogP contribution is 2.31. The van der Waals surface area contributed by atoms with Crippen LogP contribution in [0, 0.1) is 17.8 Å². The van der Waals surface area contributed by atoms with E-state index in [0.717, 1.165) is 18.0 Å². The Labute approximate surface area is 123 Å². The number of nitrogens with two attached hydrogens (primary N) is 1. The van der Waals surface area contributed by atoms with Crippen LogP contribution >= 0.6 is 0 Å². The molecule has 3 nitrogen and oxygen atoms in total. The van der Waals surface area contributed by atoms with Gasteiger partial charge in [-0.15, -0.1) is 0 Å². The van der Waals surface area contributed by atoms with E-state index in [1.54, 1.807) is 0 Å². The van der Waals surface area contributed by atoms with Crippen LogP contribution in [-0.4, -0.2) is 12.6 Å². The molecular weight excluding hydrogens is 248 g/mol. The van der Waals surface area contributed by atoms with Crippen LogP contribution in [0.4, 0.5) is 11.4 Å². The molecule has 0 atom stereocenters. The fraction of sp³-hybridized carbons (Fsp3) is 0.647. The smallest absolute Gasteiger partial charge is 0.144 e. The molecule has 3 N–H and O–H groups in total. The van der Waals surface area contributed by atoms with Crippen molar-refractivity contribution < 1.29 is 4.74 Å². The Morgan fingerprint density at radius 3 is 2.15 bits per heavy atom. The van der Waals surface area contributed by atoms with Crippen LogP contribution in [0.1, 0.15) is 41.5 Å². The zero-order valence-corrected chi connectivity index (χ0v) is 13.7. The summed E-state index contributed by atoms with van der Waals surface area (Å²) in [5.74, 6) is 2.69. The second-order valence-corrected chi connectivity index (χ2v) is 6.42. The Kier molecular flexibility index (Phi) is 6.18. The number of hydrogen-bond donors (Lipinski definition) is 2. The van der Waals surface area contributed by atoms with Gasteiger partial charge in [0.15, 0.2) is 0 Å². The van der Waals surface area contributed by atoms with Gasteiger partial charge in [-0.25, -0.2) is 0 Å². The van der Waals surface area contributed by atoms with E-state index < -0.39 is 0 Å². The molecular formula is C17H30N2O. The summed E-state index contributed by atoms with van der Waals surface area (Å²) in [5, 5.41) is 3.48. The van der Waals surface area contributed by atoms with E-state index in [1.807, 2.05) is 32.0 Å². The highest BCUT2D eigenvalue weighted by Gasteiger charge is 2.18. The molecule has 1 aromatic rings. The van der Waals surface area contributed by atoms with Crippen molar-refractivity contribution in [1.29, 1.82) is 0 Å². The van der Waals surface area contributed by atoms with Gasteiger partial charge in [0.2, 0.25) is 0 Å². The third kappa shape index (κ3) is 4.62. The molecule has 0 radical (unpaired) electrons. The average molecular weight is 278 g/mol. The van der Waals surface area contributed by atoms with Gasteiger partial charge in [-0.05, 0) is 43.7 Å². The summed E-state index contributed by atoms with van der Waals surface area (Å²) in [6, 6.07) is 5.92. The van der Waals surface area contributed by atoms with Gasteiger partial charge >= 0.3 is 0 Å². The van der Waals surface area contributed by atoms with Gasteiger partial charge in [0.05, 0.1) is 17.5 Å². The van der Waals surface area contributed by atoms with Crippen LogP contribution in [0.3, 0.4) is 0 Å². The molecule has 0 aromatic heterocycles. The maximum absolute atomic E-state index is 6.18. The number of rotatable bonds is 7. The van der Waals surface area contributed by atoms with Gasteiger partial charge in [-0.1, -0.05) is 33.8 Å². The van der Waals surface area contributed by atoms with Crippen molar-refractivity contribution in [2.45, 2.75) is 47.6 Å². The summed E-state index contributed by atoms with van der Waals surface area (Å²) < 4.78 is 5.72. The quantitative estimate of drug-likeness (QED) is 0.727. The van der Waals surface area contributed by atoms with Crippen LogP contribution in [0.25, 0.3) is 0 Å². The lowest BCUT2D eigenvalue weighted by Gasteiger charge is -2.26. The summed E-state index contributed by atoms with van der Waals surface area (Å²) in [6.45, 7) is 14.0. The van der Waals surface area contributed by atoms with Crippen molar-refractivity contribution in [1.82, 2.24) is 0 Å². The summed E-state index contributed by atoms with van der Waals surface area (Å²) in [4.78, 5) is 0. The van der Waals surface area contributed by atoms with Crippen molar-refractivity contribution in [3.8, 4) is 5.75 Å². The average Bonchev–Trinajstić information content (AvgIpc) is 2.32. The Bertz CT molecular complexity index is 405. The lowest BCUT2D eigenvalue weighted by Crippen LogP contribution is -2.24. The van der Waals surface area contributed by atoms with Crippen molar-refractivity contribution in [2.24, 2.45) is 17.8 Å². The minimum absolute atomic E-state index is 0.131. The van der Waals surface area contributed by atoms with Crippen LogP contribution in [0.15, 0.2) is 18.2 Å². The van der Waals surface area contributed by atoms with Crippen molar-refractivity contribution in [3.63, 3.8) is 0 Å². The normalized spacial score (nSPS) is 11.7. The fourth-order valence-corrected chi connectivity index (χ4v) is 2.52. The van der Waals surface area contributed by atoms with Crippen LogP contribution < -0.4 is 15.8 Å². The molecule has 0 bridgehead atoms. The minimum Gasteiger partial charge on any atom is -0.489 e. The molecule has 20 heavy (non-hydrogen) atoms. The third-order valence-electron chi connectivity index (χ3n) is 3.67. The molecule has 0 aliphatic heterocycles. The van der Waals surface area contributed by atoms with Gasteiger partial charge in [0.1, 0.15) is 5.75 Å². The topological polar surface area (TPSA) is 47.3 Å².